The number of hydrogen-bond acceptors (Lipinski definition) is 6. The van der Waals surface area contributed by atoms with Crippen molar-refractivity contribution < 1.29 is 9.72 Å². The molecule has 3 rings (SSSR count). The van der Waals surface area contributed by atoms with Crippen LogP contribution >= 0.6 is 23.7 Å². The third-order valence-corrected chi connectivity index (χ3v) is 4.85. The Morgan fingerprint density at radius 1 is 1.42 bits per heavy atom. The van der Waals surface area contributed by atoms with Crippen molar-refractivity contribution in [2.45, 2.75) is 6.42 Å². The number of carbonyl (C=O) groups excluding carboxylic acids is 1. The van der Waals surface area contributed by atoms with Gasteiger partial charge in [-0.05, 0) is 31.0 Å². The molecule has 1 aromatic heterocycles. The van der Waals surface area contributed by atoms with E-state index >= 15 is 0 Å². The molecule has 2 heterocycles. The Kier molecular flexibility index (Phi) is 5.87. The van der Waals surface area contributed by atoms with Gasteiger partial charge in [0, 0.05) is 36.2 Å². The summed E-state index contributed by atoms with van der Waals surface area (Å²) in [6.45, 7) is 1.99. The maximum atomic E-state index is 12.4. The number of nitrogens with zero attached hydrogens (tertiary/aromatic N) is 3. The molecule has 0 spiro atoms. The van der Waals surface area contributed by atoms with E-state index in [0.717, 1.165) is 12.0 Å². The van der Waals surface area contributed by atoms with Crippen molar-refractivity contribution in [3.8, 4) is 10.6 Å². The lowest BCUT2D eigenvalue weighted by Crippen LogP contribution is -2.30. The normalized spacial score (nSPS) is 16.7. The van der Waals surface area contributed by atoms with Gasteiger partial charge in [-0.2, -0.15) is 0 Å². The van der Waals surface area contributed by atoms with Crippen LogP contribution in [-0.4, -0.2) is 40.3 Å². The Balaban J connectivity index is 0.00000208. The molecule has 2 aromatic rings. The summed E-state index contributed by atoms with van der Waals surface area (Å²) in [5, 5.41) is 13.1. The second kappa shape index (κ2) is 7.69. The van der Waals surface area contributed by atoms with Gasteiger partial charge >= 0.3 is 0 Å². The van der Waals surface area contributed by atoms with Gasteiger partial charge in [-0.15, -0.1) is 23.7 Å². The van der Waals surface area contributed by atoms with Crippen molar-refractivity contribution in [3.05, 3.63) is 45.5 Å². The predicted octanol–water partition coefficient (Wildman–Crippen LogP) is 2.56. The predicted molar refractivity (Wildman–Crippen MR) is 94.5 cm³/mol. The molecule has 1 amide bonds. The quantitative estimate of drug-likeness (QED) is 0.660. The summed E-state index contributed by atoms with van der Waals surface area (Å²) in [4.78, 5) is 28.8. The van der Waals surface area contributed by atoms with Crippen LogP contribution in [0.2, 0.25) is 0 Å². The van der Waals surface area contributed by atoms with Crippen molar-refractivity contribution in [3.63, 3.8) is 0 Å². The van der Waals surface area contributed by atoms with Crippen molar-refractivity contribution in [1.82, 2.24) is 9.88 Å². The molecule has 1 atom stereocenters. The van der Waals surface area contributed by atoms with Gasteiger partial charge in [-0.3, -0.25) is 14.9 Å². The summed E-state index contributed by atoms with van der Waals surface area (Å²) in [7, 11) is 0. The van der Waals surface area contributed by atoms with Crippen LogP contribution in [0.4, 0.5) is 5.69 Å². The molecule has 9 heteroatoms. The number of aromatic nitrogens is 1. The van der Waals surface area contributed by atoms with E-state index in [2.05, 4.69) is 4.98 Å². The molecule has 0 aliphatic carbocycles. The first-order valence-corrected chi connectivity index (χ1v) is 8.16. The van der Waals surface area contributed by atoms with E-state index in [1.165, 1.54) is 23.5 Å². The van der Waals surface area contributed by atoms with E-state index in [4.69, 9.17) is 5.73 Å². The number of benzene rings is 1. The molecule has 24 heavy (non-hydrogen) atoms. The van der Waals surface area contributed by atoms with Gasteiger partial charge in [0.25, 0.3) is 11.6 Å². The fourth-order valence-corrected chi connectivity index (χ4v) is 3.40. The van der Waals surface area contributed by atoms with Crippen molar-refractivity contribution in [2.75, 3.05) is 19.6 Å². The first-order chi connectivity index (χ1) is 11.1. The largest absolute Gasteiger partial charge is 0.337 e. The molecule has 2 N–H and O–H groups in total. The minimum Gasteiger partial charge on any atom is -0.337 e. The fraction of sp³-hybridized carbons (Fsp3) is 0.333. The topological polar surface area (TPSA) is 102 Å². The Bertz CT molecular complexity index is 735. The average molecular weight is 369 g/mol. The fourth-order valence-electron chi connectivity index (χ4n) is 2.60. The third kappa shape index (κ3) is 3.72. The van der Waals surface area contributed by atoms with E-state index in [-0.39, 0.29) is 24.0 Å². The molecule has 128 valence electrons. The highest BCUT2D eigenvalue weighted by Gasteiger charge is 2.27. The van der Waals surface area contributed by atoms with E-state index in [9.17, 15) is 14.9 Å². The molecule has 1 saturated heterocycles. The molecule has 0 radical (unpaired) electrons. The number of hydrogen-bond donors (Lipinski definition) is 1. The zero-order chi connectivity index (χ0) is 16.4. The van der Waals surface area contributed by atoms with Gasteiger partial charge in [0.05, 0.1) is 4.92 Å². The zero-order valence-electron chi connectivity index (χ0n) is 12.8. The number of nitro benzene ring substituents is 1. The van der Waals surface area contributed by atoms with Crippen LogP contribution in [0.3, 0.4) is 0 Å². The standard InChI is InChI=1S/C15H16N4O3S.ClH/c16-7-10-5-6-18(8-10)15(20)13-9-23-14(17-13)11-1-3-12(4-2-11)19(21)22;/h1-4,9-10H,5-8,16H2;1H. The second-order valence-corrected chi connectivity index (χ2v) is 6.34. The van der Waals surface area contributed by atoms with Gasteiger partial charge in [-0.25, -0.2) is 4.98 Å². The molecule has 1 unspecified atom stereocenters. The molecule has 0 bridgehead atoms. The van der Waals surface area contributed by atoms with Crippen LogP contribution in [0.5, 0.6) is 0 Å². The first-order valence-electron chi connectivity index (χ1n) is 7.28. The van der Waals surface area contributed by atoms with Crippen LogP contribution in [0, 0.1) is 16.0 Å². The lowest BCUT2D eigenvalue weighted by molar-refractivity contribution is -0.384. The number of thiazole rings is 1. The summed E-state index contributed by atoms with van der Waals surface area (Å²) in [6.07, 6.45) is 0.932. The summed E-state index contributed by atoms with van der Waals surface area (Å²) in [5.41, 5.74) is 6.87. The van der Waals surface area contributed by atoms with Gasteiger partial charge < -0.3 is 10.6 Å². The molecular weight excluding hydrogens is 352 g/mol. The Labute approximate surface area is 149 Å². The minimum atomic E-state index is -0.443. The minimum absolute atomic E-state index is 0. The van der Waals surface area contributed by atoms with E-state index in [1.807, 2.05) is 0 Å². The summed E-state index contributed by atoms with van der Waals surface area (Å²) >= 11 is 1.36. The van der Waals surface area contributed by atoms with Gasteiger partial charge in [0.1, 0.15) is 10.7 Å². The number of nitrogens with two attached hydrogens (primary N) is 1. The van der Waals surface area contributed by atoms with Crippen molar-refractivity contribution >= 4 is 35.3 Å². The molecular formula is C15H17ClN4O3S. The summed E-state index contributed by atoms with van der Waals surface area (Å²) in [6, 6.07) is 6.16. The molecule has 1 aliphatic heterocycles. The molecule has 0 saturated carbocycles. The van der Waals surface area contributed by atoms with Crippen LogP contribution < -0.4 is 5.73 Å². The Hall–Kier alpha value is -2.03. The molecule has 1 aromatic carbocycles. The van der Waals surface area contributed by atoms with E-state index in [0.29, 0.717) is 36.3 Å². The third-order valence-electron chi connectivity index (χ3n) is 3.95. The van der Waals surface area contributed by atoms with E-state index in [1.54, 1.807) is 22.4 Å². The van der Waals surface area contributed by atoms with Crippen LogP contribution in [0.15, 0.2) is 29.6 Å². The number of nitro groups is 1. The maximum Gasteiger partial charge on any atom is 0.273 e. The molecule has 1 aliphatic rings. The lowest BCUT2D eigenvalue weighted by atomic mass is 10.1. The number of non-ortho nitro benzene ring substituents is 1. The Morgan fingerprint density at radius 2 is 2.12 bits per heavy atom. The Morgan fingerprint density at radius 3 is 2.71 bits per heavy atom. The summed E-state index contributed by atoms with van der Waals surface area (Å²) < 4.78 is 0. The monoisotopic (exact) mass is 368 g/mol. The van der Waals surface area contributed by atoms with Crippen LogP contribution in [0.25, 0.3) is 10.6 Å². The van der Waals surface area contributed by atoms with Crippen molar-refractivity contribution in [1.29, 1.82) is 0 Å². The highest BCUT2D eigenvalue weighted by molar-refractivity contribution is 7.13. The SMILES string of the molecule is Cl.NCC1CCN(C(=O)c2csc(-c3ccc([N+](=O)[O-])cc3)n2)C1. The number of likely N-dealkylation sites (tertiary alicyclic amines) is 1. The average Bonchev–Trinajstić information content (AvgIpc) is 3.23. The smallest absolute Gasteiger partial charge is 0.273 e. The molecule has 1 fully saturated rings. The number of amides is 1. The highest BCUT2D eigenvalue weighted by atomic mass is 35.5. The highest BCUT2D eigenvalue weighted by Crippen LogP contribution is 2.27. The van der Waals surface area contributed by atoms with Crippen LogP contribution in [-0.2, 0) is 0 Å². The van der Waals surface area contributed by atoms with Crippen molar-refractivity contribution in [2.24, 2.45) is 11.7 Å². The number of rotatable bonds is 4. The lowest BCUT2D eigenvalue weighted by Gasteiger charge is -2.14. The van der Waals surface area contributed by atoms with Gasteiger partial charge in [-0.1, -0.05) is 0 Å². The van der Waals surface area contributed by atoms with E-state index < -0.39 is 4.92 Å². The van der Waals surface area contributed by atoms with Gasteiger partial charge in [0.15, 0.2) is 0 Å². The summed E-state index contributed by atoms with van der Waals surface area (Å²) in [5.74, 6) is 0.289. The maximum absolute atomic E-state index is 12.4. The number of halogens is 1. The van der Waals surface area contributed by atoms with Crippen LogP contribution in [0.1, 0.15) is 16.9 Å². The van der Waals surface area contributed by atoms with Gasteiger partial charge in [0.2, 0.25) is 0 Å². The zero-order valence-corrected chi connectivity index (χ0v) is 14.4. The second-order valence-electron chi connectivity index (χ2n) is 5.48. The first kappa shape index (κ1) is 18.3. The number of carbonyl (C=O) groups is 1. The molecule has 7 nitrogen and oxygen atoms in total.